The van der Waals surface area contributed by atoms with Gasteiger partial charge in [0.2, 0.25) is 5.75 Å². The normalized spacial score (nSPS) is 10.8. The molecule has 0 amide bonds. The lowest BCUT2D eigenvalue weighted by Crippen LogP contribution is -2.11. The van der Waals surface area contributed by atoms with E-state index in [0.717, 1.165) is 16.7 Å². The molecule has 0 spiro atoms. The maximum atomic E-state index is 13.3. The number of Topliss-reactive ketones (excluding diaryl/α,β-unsaturated/α-hetero) is 1. The smallest absolute Gasteiger partial charge is 0.481 e. The zero-order valence-electron chi connectivity index (χ0n) is 18.5. The van der Waals surface area contributed by atoms with Crippen molar-refractivity contribution in [2.24, 2.45) is 0 Å². The minimum atomic E-state index is -1.59. The number of hydrogen-bond donors (Lipinski definition) is 1. The number of ether oxygens (including phenoxy) is 2. The third kappa shape index (κ3) is 5.01. The van der Waals surface area contributed by atoms with Crippen molar-refractivity contribution < 1.29 is 28.6 Å². The molecule has 2 heterocycles. The lowest BCUT2D eigenvalue weighted by molar-refractivity contribution is 0.101. The van der Waals surface area contributed by atoms with Gasteiger partial charge in [0.1, 0.15) is 23.6 Å². The van der Waals surface area contributed by atoms with Gasteiger partial charge in [-0.1, -0.05) is 42.5 Å². The number of benzene rings is 2. The van der Waals surface area contributed by atoms with Crippen molar-refractivity contribution in [3.05, 3.63) is 94.6 Å². The molecule has 8 heteroatoms. The number of pyridine rings is 2. The van der Waals surface area contributed by atoms with Gasteiger partial charge in [0.05, 0.1) is 0 Å². The van der Waals surface area contributed by atoms with Gasteiger partial charge in [-0.3, -0.25) is 4.79 Å². The first-order valence-corrected chi connectivity index (χ1v) is 10.5. The van der Waals surface area contributed by atoms with Gasteiger partial charge in [-0.25, -0.2) is 19.2 Å². The lowest BCUT2D eigenvalue weighted by atomic mass is 10.0. The Morgan fingerprint density at radius 3 is 2.35 bits per heavy atom. The number of aromatic nitrogens is 2. The summed E-state index contributed by atoms with van der Waals surface area (Å²) >= 11 is 0. The number of fused-ring (bicyclic) bond motifs is 1. The second-order valence-corrected chi connectivity index (χ2v) is 7.73. The topological polar surface area (TPSA) is 98.6 Å². The molecule has 172 valence electrons. The van der Waals surface area contributed by atoms with E-state index in [4.69, 9.17) is 9.47 Å². The van der Waals surface area contributed by atoms with E-state index in [-0.39, 0.29) is 41.0 Å². The summed E-state index contributed by atoms with van der Waals surface area (Å²) in [6.07, 6.45) is -1.13. The second-order valence-electron chi connectivity index (χ2n) is 7.73. The van der Waals surface area contributed by atoms with Crippen LogP contribution in [0.3, 0.4) is 0 Å². The maximum absolute atomic E-state index is 13.3. The van der Waals surface area contributed by atoms with Crippen LogP contribution in [0.4, 0.5) is 9.18 Å². The van der Waals surface area contributed by atoms with Crippen LogP contribution in [0, 0.1) is 12.7 Å². The monoisotopic (exact) mass is 460 g/mol. The minimum absolute atomic E-state index is 0.0196. The summed E-state index contributed by atoms with van der Waals surface area (Å²) in [5, 5.41) is 9.62. The van der Waals surface area contributed by atoms with Gasteiger partial charge in [-0.15, -0.1) is 0 Å². The maximum Gasteiger partial charge on any atom is 0.512 e. The van der Waals surface area contributed by atoms with E-state index in [1.807, 2.05) is 30.3 Å². The number of carbonyl (C=O) groups excluding carboxylic acids is 1. The van der Waals surface area contributed by atoms with Crippen LogP contribution in [-0.2, 0) is 13.0 Å². The SMILES string of the molecule is CC(=O)c1nc(OC(=O)O)c(OCc2ccccc2)c2nc(C)c(Cc3ccc(F)cc3)cc12. The number of rotatable bonds is 7. The highest BCUT2D eigenvalue weighted by molar-refractivity contribution is 6.06. The molecule has 2 aromatic heterocycles. The Kier molecular flexibility index (Phi) is 6.49. The fraction of sp³-hybridized carbons (Fsp3) is 0.154. The first-order valence-electron chi connectivity index (χ1n) is 10.5. The van der Waals surface area contributed by atoms with Crippen molar-refractivity contribution in [1.29, 1.82) is 0 Å². The van der Waals surface area contributed by atoms with Gasteiger partial charge in [0, 0.05) is 18.0 Å². The van der Waals surface area contributed by atoms with E-state index in [9.17, 15) is 19.1 Å². The molecule has 0 radical (unpaired) electrons. The van der Waals surface area contributed by atoms with Crippen LogP contribution in [0.25, 0.3) is 10.9 Å². The predicted octanol–water partition coefficient (Wildman–Crippen LogP) is 5.51. The molecule has 0 unspecified atom stereocenters. The standard InChI is InChI=1S/C26H21FN2O5/c1-15-19(12-17-8-10-20(27)11-9-17)13-21-22(16(2)30)29-25(34-26(31)32)24(23(21)28-15)33-14-18-6-4-3-5-7-18/h3-11,13H,12,14H2,1-2H3,(H,31,32). The van der Waals surface area contributed by atoms with Crippen LogP contribution in [-0.4, -0.2) is 27.0 Å². The lowest BCUT2D eigenvalue weighted by Gasteiger charge is -2.16. The number of carboxylic acid groups (broad SMARTS) is 1. The molecule has 0 bridgehead atoms. The molecule has 34 heavy (non-hydrogen) atoms. The van der Waals surface area contributed by atoms with E-state index in [0.29, 0.717) is 17.5 Å². The first-order chi connectivity index (χ1) is 16.3. The Morgan fingerprint density at radius 2 is 1.71 bits per heavy atom. The van der Waals surface area contributed by atoms with Crippen molar-refractivity contribution in [2.75, 3.05) is 0 Å². The summed E-state index contributed by atoms with van der Waals surface area (Å²) in [5.41, 5.74) is 3.46. The van der Waals surface area contributed by atoms with E-state index < -0.39 is 6.16 Å². The number of nitrogens with zero attached hydrogens (tertiary/aromatic N) is 2. The van der Waals surface area contributed by atoms with Crippen LogP contribution < -0.4 is 9.47 Å². The van der Waals surface area contributed by atoms with Gasteiger partial charge in [0.15, 0.2) is 5.78 Å². The third-order valence-electron chi connectivity index (χ3n) is 5.25. The zero-order valence-corrected chi connectivity index (χ0v) is 18.5. The van der Waals surface area contributed by atoms with E-state index in [2.05, 4.69) is 9.97 Å². The molecule has 2 aromatic carbocycles. The van der Waals surface area contributed by atoms with Crippen LogP contribution >= 0.6 is 0 Å². The summed E-state index contributed by atoms with van der Waals surface area (Å²) in [6.45, 7) is 3.24. The number of aryl methyl sites for hydroxylation is 1. The van der Waals surface area contributed by atoms with Crippen LogP contribution in [0.2, 0.25) is 0 Å². The third-order valence-corrected chi connectivity index (χ3v) is 5.25. The Bertz CT molecular complexity index is 1370. The summed E-state index contributed by atoms with van der Waals surface area (Å²) in [5.74, 6) is -1.03. The number of ketones is 1. The average Bonchev–Trinajstić information content (AvgIpc) is 2.80. The molecule has 0 saturated carbocycles. The molecule has 1 N–H and O–H groups in total. The Morgan fingerprint density at radius 1 is 1.00 bits per heavy atom. The summed E-state index contributed by atoms with van der Waals surface area (Å²) in [4.78, 5) is 32.5. The molecule has 0 aliphatic rings. The number of carbonyl (C=O) groups is 2. The molecular formula is C26H21FN2O5. The van der Waals surface area contributed by atoms with E-state index in [1.54, 1.807) is 25.1 Å². The highest BCUT2D eigenvalue weighted by Gasteiger charge is 2.23. The summed E-state index contributed by atoms with van der Waals surface area (Å²) in [6, 6.07) is 17.2. The van der Waals surface area contributed by atoms with Crippen molar-refractivity contribution in [3.8, 4) is 11.6 Å². The van der Waals surface area contributed by atoms with Gasteiger partial charge in [0.25, 0.3) is 5.88 Å². The average molecular weight is 460 g/mol. The molecule has 0 aliphatic heterocycles. The number of halogens is 1. The van der Waals surface area contributed by atoms with Gasteiger partial charge in [-0.05, 0) is 48.2 Å². The largest absolute Gasteiger partial charge is 0.512 e. The molecule has 0 saturated heterocycles. The summed E-state index contributed by atoms with van der Waals surface area (Å²) in [7, 11) is 0. The molecule has 0 aliphatic carbocycles. The first kappa shape index (κ1) is 22.8. The Hall–Kier alpha value is -4.33. The van der Waals surface area contributed by atoms with Crippen LogP contribution in [0.5, 0.6) is 11.6 Å². The highest BCUT2D eigenvalue weighted by Crippen LogP contribution is 2.37. The fourth-order valence-corrected chi connectivity index (χ4v) is 3.60. The quantitative estimate of drug-likeness (QED) is 0.287. The van der Waals surface area contributed by atoms with Crippen molar-refractivity contribution in [2.45, 2.75) is 26.9 Å². The highest BCUT2D eigenvalue weighted by atomic mass is 19.1. The Labute approximate surface area is 194 Å². The van der Waals surface area contributed by atoms with Crippen molar-refractivity contribution in [1.82, 2.24) is 9.97 Å². The fourth-order valence-electron chi connectivity index (χ4n) is 3.60. The van der Waals surface area contributed by atoms with Gasteiger partial charge >= 0.3 is 6.16 Å². The molecular weight excluding hydrogens is 439 g/mol. The van der Waals surface area contributed by atoms with E-state index in [1.165, 1.54) is 19.1 Å². The second kappa shape index (κ2) is 9.66. The molecule has 7 nitrogen and oxygen atoms in total. The molecule has 4 rings (SSSR count). The molecule has 4 aromatic rings. The number of hydrogen-bond acceptors (Lipinski definition) is 6. The summed E-state index contributed by atoms with van der Waals surface area (Å²) < 4.78 is 24.1. The molecule has 0 atom stereocenters. The van der Waals surface area contributed by atoms with Crippen LogP contribution in [0.1, 0.15) is 39.8 Å². The van der Waals surface area contributed by atoms with Crippen molar-refractivity contribution >= 4 is 22.8 Å². The van der Waals surface area contributed by atoms with Gasteiger partial charge in [-0.2, -0.15) is 0 Å². The minimum Gasteiger partial charge on any atom is -0.481 e. The van der Waals surface area contributed by atoms with Crippen molar-refractivity contribution in [3.63, 3.8) is 0 Å². The predicted molar refractivity (Wildman–Crippen MR) is 123 cm³/mol. The Balaban J connectivity index is 1.85. The molecule has 0 fully saturated rings. The van der Waals surface area contributed by atoms with Crippen LogP contribution in [0.15, 0.2) is 60.7 Å². The van der Waals surface area contributed by atoms with Gasteiger partial charge < -0.3 is 14.6 Å². The van der Waals surface area contributed by atoms with E-state index >= 15 is 0 Å². The zero-order chi connectivity index (χ0) is 24.2.